The van der Waals surface area contributed by atoms with Crippen molar-refractivity contribution in [3.05, 3.63) is 41.5 Å². The normalized spacial score (nSPS) is 10.9. The molecule has 0 aliphatic heterocycles. The lowest BCUT2D eigenvalue weighted by atomic mass is 10.2. The van der Waals surface area contributed by atoms with Crippen LogP contribution in [0, 0.1) is 6.92 Å². The number of phenolic OH excluding ortho intramolecular Hbond substituents is 1. The van der Waals surface area contributed by atoms with Crippen molar-refractivity contribution >= 4 is 5.91 Å². The molecule has 0 aliphatic carbocycles. The number of carbonyl (C=O) groups is 1. The van der Waals surface area contributed by atoms with Crippen LogP contribution in [-0.2, 0) is 13.0 Å². The second-order valence-corrected chi connectivity index (χ2v) is 6.95. The van der Waals surface area contributed by atoms with E-state index in [0.717, 1.165) is 25.0 Å². The molecule has 30 heavy (non-hydrogen) atoms. The number of aromatic hydroxyl groups is 1. The Bertz CT molecular complexity index is 995. The van der Waals surface area contributed by atoms with Gasteiger partial charge in [-0.2, -0.15) is 10.1 Å². The van der Waals surface area contributed by atoms with Crippen molar-refractivity contribution in [3.8, 4) is 22.9 Å². The molecule has 0 atom stereocenters. The highest BCUT2D eigenvalue weighted by molar-refractivity contribution is 5.92. The Morgan fingerprint density at radius 1 is 1.27 bits per heavy atom. The molecule has 0 spiro atoms. The van der Waals surface area contributed by atoms with Gasteiger partial charge >= 0.3 is 0 Å². The van der Waals surface area contributed by atoms with Gasteiger partial charge in [0.15, 0.2) is 11.5 Å². The number of aryl methyl sites for hydroxylation is 3. The molecule has 160 valence electrons. The first-order valence-corrected chi connectivity index (χ1v) is 10.0. The lowest BCUT2D eigenvalue weighted by Crippen LogP contribution is -2.27. The van der Waals surface area contributed by atoms with Crippen molar-refractivity contribution in [2.75, 3.05) is 13.7 Å². The van der Waals surface area contributed by atoms with Crippen LogP contribution >= 0.6 is 0 Å². The maximum Gasteiger partial charge on any atom is 0.269 e. The Balaban J connectivity index is 1.41. The molecule has 0 bridgehead atoms. The van der Waals surface area contributed by atoms with Gasteiger partial charge in [0.05, 0.1) is 12.8 Å². The molecular weight excluding hydrogens is 386 g/mol. The van der Waals surface area contributed by atoms with Crippen LogP contribution in [0.25, 0.3) is 11.4 Å². The fraction of sp³-hybridized carbons (Fsp3) is 0.429. The number of carbonyl (C=O) groups excluding carboxylic acids is 1. The zero-order chi connectivity index (χ0) is 21.5. The van der Waals surface area contributed by atoms with Crippen molar-refractivity contribution in [2.45, 2.75) is 46.1 Å². The summed E-state index contributed by atoms with van der Waals surface area (Å²) in [5.41, 5.74) is 2.15. The van der Waals surface area contributed by atoms with Crippen LogP contribution in [0.15, 0.2) is 28.8 Å². The van der Waals surface area contributed by atoms with E-state index in [1.165, 1.54) is 13.2 Å². The van der Waals surface area contributed by atoms with E-state index in [4.69, 9.17) is 9.26 Å². The predicted molar refractivity (Wildman–Crippen MR) is 110 cm³/mol. The number of amides is 1. The molecule has 1 aromatic carbocycles. The highest BCUT2D eigenvalue weighted by Gasteiger charge is 2.13. The molecule has 0 radical (unpaired) electrons. The maximum absolute atomic E-state index is 12.3. The van der Waals surface area contributed by atoms with Crippen LogP contribution in [0.4, 0.5) is 0 Å². The molecule has 2 aromatic heterocycles. The molecule has 0 fully saturated rings. The number of hydrogen-bond donors (Lipinski definition) is 2. The Morgan fingerprint density at radius 3 is 2.87 bits per heavy atom. The molecule has 1 amide bonds. The van der Waals surface area contributed by atoms with Gasteiger partial charge in [-0.25, -0.2) is 0 Å². The third-order valence-electron chi connectivity index (χ3n) is 4.69. The van der Waals surface area contributed by atoms with Gasteiger partial charge in [0.1, 0.15) is 5.69 Å². The molecule has 2 heterocycles. The topological polar surface area (TPSA) is 115 Å². The van der Waals surface area contributed by atoms with E-state index in [9.17, 15) is 9.90 Å². The summed E-state index contributed by atoms with van der Waals surface area (Å²) in [6, 6.07) is 6.71. The Kier molecular flexibility index (Phi) is 7.05. The number of nitrogens with zero attached hydrogens (tertiary/aromatic N) is 4. The summed E-state index contributed by atoms with van der Waals surface area (Å²) >= 11 is 0. The number of nitrogens with one attached hydrogen (secondary N) is 1. The summed E-state index contributed by atoms with van der Waals surface area (Å²) in [7, 11) is 1.49. The number of benzene rings is 1. The maximum atomic E-state index is 12.3. The Hall–Kier alpha value is -3.36. The summed E-state index contributed by atoms with van der Waals surface area (Å²) in [5, 5.41) is 20.9. The largest absolute Gasteiger partial charge is 0.504 e. The SMILES string of the molecule is CCn1nc(C)cc1C(=O)NCCCCCc1nc(-c2ccc(O)c(OC)c2)no1. The Morgan fingerprint density at radius 2 is 2.10 bits per heavy atom. The van der Waals surface area contributed by atoms with E-state index >= 15 is 0 Å². The second-order valence-electron chi connectivity index (χ2n) is 6.95. The molecule has 9 nitrogen and oxygen atoms in total. The van der Waals surface area contributed by atoms with Gasteiger partial charge < -0.3 is 19.7 Å². The second kappa shape index (κ2) is 9.91. The molecule has 9 heteroatoms. The van der Waals surface area contributed by atoms with Crippen LogP contribution in [0.1, 0.15) is 48.3 Å². The van der Waals surface area contributed by atoms with E-state index in [0.29, 0.717) is 48.2 Å². The summed E-state index contributed by atoms with van der Waals surface area (Å²) in [6.07, 6.45) is 3.33. The van der Waals surface area contributed by atoms with Gasteiger partial charge in [0.2, 0.25) is 11.7 Å². The number of ether oxygens (including phenoxy) is 1. The van der Waals surface area contributed by atoms with Gasteiger partial charge in [-0.1, -0.05) is 11.6 Å². The monoisotopic (exact) mass is 413 g/mol. The minimum Gasteiger partial charge on any atom is -0.504 e. The number of methoxy groups -OCH3 is 1. The van der Waals surface area contributed by atoms with Crippen LogP contribution in [0.2, 0.25) is 0 Å². The van der Waals surface area contributed by atoms with Crippen LogP contribution in [-0.4, -0.2) is 44.6 Å². The molecule has 3 rings (SSSR count). The fourth-order valence-electron chi connectivity index (χ4n) is 3.13. The minimum atomic E-state index is -0.0941. The molecular formula is C21H27N5O4. The van der Waals surface area contributed by atoms with Gasteiger partial charge in [-0.3, -0.25) is 9.48 Å². The summed E-state index contributed by atoms with van der Waals surface area (Å²) in [4.78, 5) is 16.7. The van der Waals surface area contributed by atoms with Gasteiger partial charge in [-0.15, -0.1) is 0 Å². The van der Waals surface area contributed by atoms with E-state index in [-0.39, 0.29) is 11.7 Å². The number of rotatable bonds is 10. The number of phenols is 1. The molecule has 0 saturated heterocycles. The molecule has 0 saturated carbocycles. The standard InChI is InChI=1S/C21H27N5O4/c1-4-26-16(12-14(2)24-26)21(28)22-11-7-5-6-8-19-23-20(25-30-19)15-9-10-17(27)18(13-15)29-3/h9-10,12-13,27H,4-8,11H2,1-3H3,(H,22,28). The fourth-order valence-corrected chi connectivity index (χ4v) is 3.13. The summed E-state index contributed by atoms with van der Waals surface area (Å²) < 4.78 is 12.1. The first-order valence-electron chi connectivity index (χ1n) is 10.0. The van der Waals surface area contributed by atoms with Crippen molar-refractivity contribution in [3.63, 3.8) is 0 Å². The average Bonchev–Trinajstić information content (AvgIpc) is 3.37. The Labute approximate surface area is 175 Å². The van der Waals surface area contributed by atoms with E-state index in [1.807, 2.05) is 13.8 Å². The number of aromatic nitrogens is 4. The third kappa shape index (κ3) is 5.16. The van der Waals surface area contributed by atoms with Gasteiger partial charge in [0, 0.05) is 25.1 Å². The lowest BCUT2D eigenvalue weighted by Gasteiger charge is -2.06. The zero-order valence-corrected chi connectivity index (χ0v) is 17.5. The van der Waals surface area contributed by atoms with E-state index in [2.05, 4.69) is 20.6 Å². The quantitative estimate of drug-likeness (QED) is 0.491. The summed E-state index contributed by atoms with van der Waals surface area (Å²) in [6.45, 7) is 5.11. The highest BCUT2D eigenvalue weighted by atomic mass is 16.5. The van der Waals surface area contributed by atoms with Crippen molar-refractivity contribution in [1.82, 2.24) is 25.2 Å². The molecule has 0 aliphatic rings. The van der Waals surface area contributed by atoms with Gasteiger partial charge in [0.25, 0.3) is 5.91 Å². The first-order chi connectivity index (χ1) is 14.5. The van der Waals surface area contributed by atoms with Crippen LogP contribution in [0.5, 0.6) is 11.5 Å². The predicted octanol–water partition coefficient (Wildman–Crippen LogP) is 3.12. The average molecular weight is 413 g/mol. The number of hydrogen-bond acceptors (Lipinski definition) is 7. The minimum absolute atomic E-state index is 0.0614. The highest BCUT2D eigenvalue weighted by Crippen LogP contribution is 2.30. The van der Waals surface area contributed by atoms with Crippen LogP contribution < -0.4 is 10.1 Å². The molecule has 3 aromatic rings. The number of unbranched alkanes of at least 4 members (excludes halogenated alkanes) is 2. The third-order valence-corrected chi connectivity index (χ3v) is 4.69. The zero-order valence-electron chi connectivity index (χ0n) is 17.5. The van der Waals surface area contributed by atoms with Crippen molar-refractivity contribution < 1.29 is 19.2 Å². The summed E-state index contributed by atoms with van der Waals surface area (Å²) in [5.74, 6) is 1.34. The lowest BCUT2D eigenvalue weighted by molar-refractivity contribution is 0.0942. The van der Waals surface area contributed by atoms with Gasteiger partial charge in [-0.05, 0) is 51.0 Å². The van der Waals surface area contributed by atoms with E-state index in [1.54, 1.807) is 22.9 Å². The van der Waals surface area contributed by atoms with Crippen molar-refractivity contribution in [1.29, 1.82) is 0 Å². The first kappa shape index (κ1) is 21.4. The molecule has 0 unspecified atom stereocenters. The van der Waals surface area contributed by atoms with E-state index < -0.39 is 0 Å². The van der Waals surface area contributed by atoms with Crippen LogP contribution in [0.3, 0.4) is 0 Å². The smallest absolute Gasteiger partial charge is 0.269 e. The van der Waals surface area contributed by atoms with Crippen molar-refractivity contribution in [2.24, 2.45) is 0 Å². The molecule has 2 N–H and O–H groups in total.